The standard InChI is InChI=1S/C12H16N2O2/c1-14-7-3-4-9(14)11-8-15-12-10(16-11)5-2-6-13-12/h2,5-6,9,11H,3-4,7-8H2,1H3/t9-,11-/m0/s1. The fourth-order valence-corrected chi connectivity index (χ4v) is 2.53. The van der Waals surface area contributed by atoms with Crippen LogP contribution in [-0.4, -0.2) is 42.2 Å². The molecule has 16 heavy (non-hydrogen) atoms. The van der Waals surface area contributed by atoms with Crippen LogP contribution < -0.4 is 9.47 Å². The predicted octanol–water partition coefficient (Wildman–Crippen LogP) is 1.32. The van der Waals surface area contributed by atoms with E-state index in [4.69, 9.17) is 9.47 Å². The van der Waals surface area contributed by atoms with E-state index in [1.165, 1.54) is 12.8 Å². The molecule has 86 valence electrons. The first-order chi connectivity index (χ1) is 7.84. The Balaban J connectivity index is 1.77. The molecule has 0 unspecified atom stereocenters. The maximum atomic E-state index is 5.96. The first-order valence-corrected chi connectivity index (χ1v) is 5.79. The van der Waals surface area contributed by atoms with Gasteiger partial charge in [0.15, 0.2) is 5.75 Å². The fraction of sp³-hybridized carbons (Fsp3) is 0.583. The van der Waals surface area contributed by atoms with E-state index in [2.05, 4.69) is 16.9 Å². The number of ether oxygens (including phenoxy) is 2. The molecule has 0 aromatic carbocycles. The molecular weight excluding hydrogens is 204 g/mol. The monoisotopic (exact) mass is 220 g/mol. The lowest BCUT2D eigenvalue weighted by molar-refractivity contribution is 0.0337. The second-order valence-corrected chi connectivity index (χ2v) is 4.46. The molecule has 3 heterocycles. The lowest BCUT2D eigenvalue weighted by Gasteiger charge is -2.32. The van der Waals surface area contributed by atoms with Gasteiger partial charge in [-0.25, -0.2) is 4.98 Å². The summed E-state index contributed by atoms with van der Waals surface area (Å²) in [6, 6.07) is 4.28. The lowest BCUT2D eigenvalue weighted by atomic mass is 10.1. The SMILES string of the molecule is CN1CCC[C@H]1[C@@H]1COc2ncccc2O1. The molecule has 1 aromatic rings. The average molecular weight is 220 g/mol. The van der Waals surface area contributed by atoms with E-state index in [0.29, 0.717) is 18.5 Å². The van der Waals surface area contributed by atoms with Gasteiger partial charge in [-0.15, -0.1) is 0 Å². The Morgan fingerprint density at radius 1 is 1.50 bits per heavy atom. The van der Waals surface area contributed by atoms with Crippen molar-refractivity contribution in [2.75, 3.05) is 20.2 Å². The van der Waals surface area contributed by atoms with Crippen LogP contribution in [0.3, 0.4) is 0 Å². The van der Waals surface area contributed by atoms with Gasteiger partial charge >= 0.3 is 0 Å². The zero-order valence-corrected chi connectivity index (χ0v) is 9.43. The Morgan fingerprint density at radius 2 is 2.44 bits per heavy atom. The number of hydrogen-bond donors (Lipinski definition) is 0. The van der Waals surface area contributed by atoms with Gasteiger partial charge in [-0.05, 0) is 38.6 Å². The Hall–Kier alpha value is -1.29. The van der Waals surface area contributed by atoms with Crippen LogP contribution in [0.4, 0.5) is 0 Å². The highest BCUT2D eigenvalue weighted by Gasteiger charge is 2.34. The topological polar surface area (TPSA) is 34.6 Å². The summed E-state index contributed by atoms with van der Waals surface area (Å²) in [6.45, 7) is 1.77. The van der Waals surface area contributed by atoms with Crippen molar-refractivity contribution >= 4 is 0 Å². The summed E-state index contributed by atoms with van der Waals surface area (Å²) in [5.74, 6) is 1.40. The van der Waals surface area contributed by atoms with Gasteiger partial charge in [0.1, 0.15) is 12.7 Å². The molecule has 0 saturated carbocycles. The van der Waals surface area contributed by atoms with Crippen molar-refractivity contribution < 1.29 is 9.47 Å². The first kappa shape index (κ1) is 9.90. The van der Waals surface area contributed by atoms with Crippen molar-refractivity contribution in [3.63, 3.8) is 0 Å². The van der Waals surface area contributed by atoms with Gasteiger partial charge in [0.25, 0.3) is 5.88 Å². The van der Waals surface area contributed by atoms with Crippen molar-refractivity contribution in [1.29, 1.82) is 0 Å². The van der Waals surface area contributed by atoms with Crippen molar-refractivity contribution in [3.8, 4) is 11.6 Å². The molecule has 1 fully saturated rings. The highest BCUT2D eigenvalue weighted by atomic mass is 16.6. The number of nitrogens with zero attached hydrogens (tertiary/aromatic N) is 2. The molecule has 4 heteroatoms. The highest BCUT2D eigenvalue weighted by Crippen LogP contribution is 2.32. The third-order valence-corrected chi connectivity index (χ3v) is 3.40. The van der Waals surface area contributed by atoms with Crippen molar-refractivity contribution in [3.05, 3.63) is 18.3 Å². The molecule has 0 amide bonds. The molecular formula is C12H16N2O2. The summed E-state index contributed by atoms with van der Waals surface area (Å²) in [7, 11) is 2.15. The second kappa shape index (κ2) is 3.94. The van der Waals surface area contributed by atoms with E-state index in [-0.39, 0.29) is 6.10 Å². The predicted molar refractivity (Wildman–Crippen MR) is 59.8 cm³/mol. The zero-order chi connectivity index (χ0) is 11.0. The summed E-state index contributed by atoms with van der Waals surface area (Å²) in [4.78, 5) is 6.50. The van der Waals surface area contributed by atoms with E-state index in [1.807, 2.05) is 12.1 Å². The summed E-state index contributed by atoms with van der Waals surface area (Å²) in [6.07, 6.45) is 4.31. The van der Waals surface area contributed by atoms with E-state index in [0.717, 1.165) is 12.3 Å². The van der Waals surface area contributed by atoms with E-state index in [1.54, 1.807) is 6.20 Å². The van der Waals surface area contributed by atoms with Crippen molar-refractivity contribution in [1.82, 2.24) is 9.88 Å². The van der Waals surface area contributed by atoms with Gasteiger partial charge in [0.05, 0.1) is 0 Å². The van der Waals surface area contributed by atoms with Crippen LogP contribution in [0.5, 0.6) is 11.6 Å². The normalized spacial score (nSPS) is 29.3. The third-order valence-electron chi connectivity index (χ3n) is 3.40. The van der Waals surface area contributed by atoms with Crippen LogP contribution >= 0.6 is 0 Å². The van der Waals surface area contributed by atoms with E-state index >= 15 is 0 Å². The summed E-state index contributed by atoms with van der Waals surface area (Å²) >= 11 is 0. The first-order valence-electron chi connectivity index (χ1n) is 5.79. The van der Waals surface area contributed by atoms with E-state index in [9.17, 15) is 0 Å². The van der Waals surface area contributed by atoms with Crippen LogP contribution in [-0.2, 0) is 0 Å². The van der Waals surface area contributed by atoms with Gasteiger partial charge < -0.3 is 9.47 Å². The number of hydrogen-bond acceptors (Lipinski definition) is 4. The van der Waals surface area contributed by atoms with Crippen molar-refractivity contribution in [2.45, 2.75) is 25.0 Å². The number of fused-ring (bicyclic) bond motifs is 1. The maximum absolute atomic E-state index is 5.96. The molecule has 0 N–H and O–H groups in total. The summed E-state index contributed by atoms with van der Waals surface area (Å²) in [5, 5.41) is 0. The number of likely N-dealkylation sites (N-methyl/N-ethyl adjacent to an activating group) is 1. The van der Waals surface area contributed by atoms with Gasteiger partial charge in [-0.3, -0.25) is 4.90 Å². The largest absolute Gasteiger partial charge is 0.480 e. The van der Waals surface area contributed by atoms with Gasteiger partial charge in [-0.1, -0.05) is 0 Å². The lowest BCUT2D eigenvalue weighted by Crippen LogP contribution is -2.45. The maximum Gasteiger partial charge on any atom is 0.257 e. The average Bonchev–Trinajstić information content (AvgIpc) is 2.75. The zero-order valence-electron chi connectivity index (χ0n) is 9.43. The molecule has 0 radical (unpaired) electrons. The smallest absolute Gasteiger partial charge is 0.257 e. The number of rotatable bonds is 1. The molecule has 3 rings (SSSR count). The highest BCUT2D eigenvalue weighted by molar-refractivity contribution is 5.34. The molecule has 2 aliphatic heterocycles. The minimum absolute atomic E-state index is 0.143. The van der Waals surface area contributed by atoms with Gasteiger partial charge in [0, 0.05) is 12.2 Å². The molecule has 1 aromatic heterocycles. The molecule has 0 spiro atoms. The molecule has 0 bridgehead atoms. The van der Waals surface area contributed by atoms with Gasteiger partial charge in [-0.2, -0.15) is 0 Å². The molecule has 1 saturated heterocycles. The van der Waals surface area contributed by atoms with Crippen LogP contribution in [0.1, 0.15) is 12.8 Å². The Labute approximate surface area is 95.2 Å². The number of pyridine rings is 1. The fourth-order valence-electron chi connectivity index (χ4n) is 2.53. The minimum Gasteiger partial charge on any atom is -0.480 e. The van der Waals surface area contributed by atoms with Crippen LogP contribution in [0.15, 0.2) is 18.3 Å². The quantitative estimate of drug-likeness (QED) is 0.715. The van der Waals surface area contributed by atoms with Crippen LogP contribution in [0.25, 0.3) is 0 Å². The molecule has 2 aliphatic rings. The second-order valence-electron chi connectivity index (χ2n) is 4.46. The number of aromatic nitrogens is 1. The molecule has 4 nitrogen and oxygen atoms in total. The van der Waals surface area contributed by atoms with E-state index < -0.39 is 0 Å². The summed E-state index contributed by atoms with van der Waals surface area (Å²) < 4.78 is 11.6. The Kier molecular flexibility index (Phi) is 2.44. The van der Waals surface area contributed by atoms with Crippen LogP contribution in [0, 0.1) is 0 Å². The minimum atomic E-state index is 0.143. The molecule has 0 aliphatic carbocycles. The summed E-state index contributed by atoms with van der Waals surface area (Å²) in [5.41, 5.74) is 0. The number of likely N-dealkylation sites (tertiary alicyclic amines) is 1. The van der Waals surface area contributed by atoms with Crippen LogP contribution in [0.2, 0.25) is 0 Å². The Morgan fingerprint density at radius 3 is 3.25 bits per heavy atom. The molecule has 2 atom stereocenters. The van der Waals surface area contributed by atoms with Crippen molar-refractivity contribution in [2.24, 2.45) is 0 Å². The van der Waals surface area contributed by atoms with Gasteiger partial charge in [0.2, 0.25) is 0 Å². The Bertz CT molecular complexity index is 383. The third kappa shape index (κ3) is 1.63.